The summed E-state index contributed by atoms with van der Waals surface area (Å²) in [6.07, 6.45) is 20.0. The predicted molar refractivity (Wildman–Crippen MR) is 147 cm³/mol. The van der Waals surface area contributed by atoms with Crippen LogP contribution in [0.3, 0.4) is 0 Å². The molecule has 1 N–H and O–H groups in total. The Morgan fingerprint density at radius 3 is 2.54 bits per heavy atom. The summed E-state index contributed by atoms with van der Waals surface area (Å²) in [4.78, 5) is 7.08. The van der Waals surface area contributed by atoms with Crippen LogP contribution in [0.25, 0.3) is 39.6 Å². The Kier molecular flexibility index (Phi) is 3.95. The first-order valence-corrected chi connectivity index (χ1v) is 12.6. The van der Waals surface area contributed by atoms with Gasteiger partial charge in [-0.05, 0) is 87.2 Å². The molecule has 5 aliphatic rings. The van der Waals surface area contributed by atoms with Crippen LogP contribution in [0.1, 0.15) is 18.4 Å². The first kappa shape index (κ1) is 19.2. The molecule has 1 saturated heterocycles. The number of hydrogen-bond acceptors (Lipinski definition) is 3. The molecule has 1 fully saturated rings. The van der Waals surface area contributed by atoms with Gasteiger partial charge in [-0.25, -0.2) is 0 Å². The average Bonchev–Trinajstić information content (AvgIpc) is 3.31. The van der Waals surface area contributed by atoms with Gasteiger partial charge < -0.3 is 10.2 Å². The summed E-state index contributed by atoms with van der Waals surface area (Å²) in [5.74, 6) is 1.21. The van der Waals surface area contributed by atoms with Gasteiger partial charge in [0.2, 0.25) is 0 Å². The van der Waals surface area contributed by atoms with Crippen molar-refractivity contribution in [1.29, 1.82) is 0 Å². The van der Waals surface area contributed by atoms with Crippen LogP contribution in [0.4, 0.5) is 5.69 Å². The van der Waals surface area contributed by atoms with E-state index in [9.17, 15) is 0 Å². The van der Waals surface area contributed by atoms with Crippen LogP contribution in [0.15, 0.2) is 95.3 Å². The van der Waals surface area contributed by atoms with Crippen molar-refractivity contribution in [3.05, 3.63) is 106 Å². The predicted octanol–water partition coefficient (Wildman–Crippen LogP) is 4.83. The molecule has 8 rings (SSSR count). The lowest BCUT2D eigenvalue weighted by atomic mass is 9.87. The lowest BCUT2D eigenvalue weighted by molar-refractivity contribution is 0.702. The van der Waals surface area contributed by atoms with Gasteiger partial charge in [0.25, 0.3) is 0 Å². The van der Waals surface area contributed by atoms with Crippen molar-refractivity contribution in [1.82, 2.24) is 5.32 Å². The minimum absolute atomic E-state index is 0.291. The van der Waals surface area contributed by atoms with Gasteiger partial charge in [-0.3, -0.25) is 4.99 Å². The molecule has 3 aromatic rings. The lowest BCUT2D eigenvalue weighted by Gasteiger charge is -2.35. The maximum absolute atomic E-state index is 4.59. The molecular weight excluding hydrogens is 426 g/mol. The molecule has 3 aromatic carbocycles. The second-order valence-electron chi connectivity index (χ2n) is 9.96. The average molecular weight is 452 g/mol. The number of dihydropyridines is 1. The SMILES string of the molecule is C1=CC2NC3=C4CN=CC=C4c4cc(-c5ccc6cc7c(cc6c5)=CCCC=7)ccc4N3C2C=C1. The van der Waals surface area contributed by atoms with Crippen LogP contribution in [0.2, 0.25) is 0 Å². The normalized spacial score (nSPS) is 22.9. The number of fused-ring (bicyclic) bond motifs is 9. The molecule has 35 heavy (non-hydrogen) atoms. The van der Waals surface area contributed by atoms with Crippen LogP contribution in [-0.4, -0.2) is 24.8 Å². The van der Waals surface area contributed by atoms with Crippen molar-refractivity contribution in [2.75, 3.05) is 11.4 Å². The molecule has 0 spiro atoms. The third-order valence-electron chi connectivity index (χ3n) is 7.97. The van der Waals surface area contributed by atoms with Crippen molar-refractivity contribution < 1.29 is 0 Å². The number of anilines is 1. The van der Waals surface area contributed by atoms with E-state index in [2.05, 4.69) is 106 Å². The molecule has 3 nitrogen and oxygen atoms in total. The minimum Gasteiger partial charge on any atom is -0.362 e. The van der Waals surface area contributed by atoms with E-state index in [4.69, 9.17) is 0 Å². The van der Waals surface area contributed by atoms with Crippen molar-refractivity contribution in [2.45, 2.75) is 24.9 Å². The Labute approximate surface area is 204 Å². The van der Waals surface area contributed by atoms with E-state index >= 15 is 0 Å². The van der Waals surface area contributed by atoms with Gasteiger partial charge in [-0.2, -0.15) is 0 Å². The summed E-state index contributed by atoms with van der Waals surface area (Å²) in [6, 6.07) is 19.1. The molecule has 0 aromatic heterocycles. The fraction of sp³-hybridized carbons (Fsp3) is 0.156. The Morgan fingerprint density at radius 1 is 0.829 bits per heavy atom. The highest BCUT2D eigenvalue weighted by Gasteiger charge is 2.41. The van der Waals surface area contributed by atoms with Gasteiger partial charge in [0, 0.05) is 17.4 Å². The zero-order valence-electron chi connectivity index (χ0n) is 19.4. The molecule has 0 amide bonds. The second-order valence-corrected chi connectivity index (χ2v) is 9.96. The van der Waals surface area contributed by atoms with Gasteiger partial charge in [-0.15, -0.1) is 0 Å². The number of rotatable bonds is 1. The number of nitrogens with one attached hydrogen (secondary N) is 1. The number of aliphatic imine (C=N–C) groups is 1. The molecule has 2 unspecified atom stereocenters. The van der Waals surface area contributed by atoms with E-state index in [-0.39, 0.29) is 0 Å². The fourth-order valence-electron chi connectivity index (χ4n) is 6.26. The summed E-state index contributed by atoms with van der Waals surface area (Å²) in [7, 11) is 0. The van der Waals surface area contributed by atoms with Gasteiger partial charge >= 0.3 is 0 Å². The number of nitrogens with zero attached hydrogens (tertiary/aromatic N) is 2. The number of benzene rings is 3. The van der Waals surface area contributed by atoms with Crippen molar-refractivity contribution >= 4 is 40.4 Å². The van der Waals surface area contributed by atoms with Crippen LogP contribution in [0, 0.1) is 0 Å². The summed E-state index contributed by atoms with van der Waals surface area (Å²) in [5, 5.41) is 9.13. The van der Waals surface area contributed by atoms with Crippen LogP contribution in [0.5, 0.6) is 0 Å². The molecule has 0 bridgehead atoms. The lowest BCUT2D eigenvalue weighted by Crippen LogP contribution is -2.35. The second kappa shape index (κ2) is 7.19. The Balaban J connectivity index is 1.29. The van der Waals surface area contributed by atoms with Crippen molar-refractivity contribution in [3.63, 3.8) is 0 Å². The molecule has 0 saturated carbocycles. The Hall–Kier alpha value is -4.11. The highest BCUT2D eigenvalue weighted by atomic mass is 15.4. The highest BCUT2D eigenvalue weighted by molar-refractivity contribution is 6.01. The van der Waals surface area contributed by atoms with Gasteiger partial charge in [0.1, 0.15) is 5.82 Å². The zero-order valence-corrected chi connectivity index (χ0v) is 19.4. The summed E-state index contributed by atoms with van der Waals surface area (Å²) >= 11 is 0. The van der Waals surface area contributed by atoms with E-state index in [0.29, 0.717) is 12.1 Å². The first-order chi connectivity index (χ1) is 17.3. The van der Waals surface area contributed by atoms with Crippen molar-refractivity contribution in [3.8, 4) is 11.1 Å². The summed E-state index contributed by atoms with van der Waals surface area (Å²) in [6.45, 7) is 0.718. The molecule has 2 atom stereocenters. The Bertz CT molecular complexity index is 1710. The summed E-state index contributed by atoms with van der Waals surface area (Å²) in [5.41, 5.74) is 7.68. The Morgan fingerprint density at radius 2 is 1.63 bits per heavy atom. The van der Waals surface area contributed by atoms with E-state index in [1.807, 2.05) is 6.21 Å². The standard InChI is InChI=1S/C32H25N3/c1-2-6-21-16-25-17-22(9-10-23(25)15-20(21)5-1)24-11-12-30-27(18-24)26-13-14-33-19-28(26)32-34-29-7-3-4-8-31(29)35(30)32/h3-18,29,31,34H,1-2,19H2. The molecule has 3 heterocycles. The molecule has 2 aliphatic carbocycles. The van der Waals surface area contributed by atoms with Crippen LogP contribution < -0.4 is 20.7 Å². The molecular formula is C32H25N3. The smallest absolute Gasteiger partial charge is 0.113 e. The number of allylic oxidation sites excluding steroid dienone is 3. The largest absolute Gasteiger partial charge is 0.362 e. The minimum atomic E-state index is 0.291. The van der Waals surface area contributed by atoms with Crippen LogP contribution >= 0.6 is 0 Å². The van der Waals surface area contributed by atoms with E-state index < -0.39 is 0 Å². The van der Waals surface area contributed by atoms with Crippen LogP contribution in [-0.2, 0) is 0 Å². The summed E-state index contributed by atoms with van der Waals surface area (Å²) < 4.78 is 0. The van der Waals surface area contributed by atoms with Gasteiger partial charge in [0.05, 0.1) is 24.3 Å². The maximum Gasteiger partial charge on any atom is 0.113 e. The molecule has 3 heteroatoms. The third-order valence-corrected chi connectivity index (χ3v) is 7.97. The van der Waals surface area contributed by atoms with Crippen molar-refractivity contribution in [2.24, 2.45) is 4.99 Å². The molecule has 0 radical (unpaired) electrons. The number of hydrogen-bond donors (Lipinski definition) is 1. The first-order valence-electron chi connectivity index (χ1n) is 12.6. The van der Waals surface area contributed by atoms with E-state index in [1.165, 1.54) is 60.6 Å². The van der Waals surface area contributed by atoms with Gasteiger partial charge in [-0.1, -0.05) is 54.7 Å². The fourth-order valence-corrected chi connectivity index (χ4v) is 6.26. The zero-order chi connectivity index (χ0) is 22.9. The van der Waals surface area contributed by atoms with E-state index in [1.54, 1.807) is 0 Å². The van der Waals surface area contributed by atoms with E-state index in [0.717, 1.165) is 19.4 Å². The molecule has 3 aliphatic heterocycles. The highest BCUT2D eigenvalue weighted by Crippen LogP contribution is 2.46. The quantitative estimate of drug-likeness (QED) is 0.574. The van der Waals surface area contributed by atoms with Gasteiger partial charge in [0.15, 0.2) is 0 Å². The monoisotopic (exact) mass is 451 g/mol. The molecule has 168 valence electrons. The third kappa shape index (κ3) is 2.81. The topological polar surface area (TPSA) is 27.6 Å². The maximum atomic E-state index is 4.59.